The number of carbonyl (C=O) groups is 2. The van der Waals surface area contributed by atoms with Crippen molar-refractivity contribution in [2.45, 2.75) is 18.9 Å². The molecule has 1 saturated heterocycles. The maximum atomic E-state index is 12.3. The smallest absolute Gasteiger partial charge is 0.255 e. The summed E-state index contributed by atoms with van der Waals surface area (Å²) < 4.78 is 0.748. The van der Waals surface area contributed by atoms with E-state index in [1.54, 1.807) is 31.3 Å². The lowest BCUT2D eigenvalue weighted by Gasteiger charge is -2.30. The summed E-state index contributed by atoms with van der Waals surface area (Å²) in [4.78, 5) is 29.5. The molecule has 0 radical (unpaired) electrons. The number of hydrogen-bond donors (Lipinski definition) is 2. The minimum atomic E-state index is -0.184. The monoisotopic (exact) mass is 340 g/mol. The van der Waals surface area contributed by atoms with Gasteiger partial charge in [0, 0.05) is 43.8 Å². The van der Waals surface area contributed by atoms with Gasteiger partial charge in [-0.15, -0.1) is 0 Å². The molecule has 108 valence electrons. The standard InChI is InChI=1S/C13H17BrN4O2/c1-15-12-10(5-8(14)6-16-12)13(20)17-9-3-4-11(19)18(2)7-9/h5-6,9H,3-4,7H2,1-2H3,(H,15,16)(H,17,20). The molecule has 0 saturated carbocycles. The van der Waals surface area contributed by atoms with Crippen LogP contribution in [0.3, 0.4) is 0 Å². The number of rotatable bonds is 3. The van der Waals surface area contributed by atoms with Crippen molar-refractivity contribution in [2.24, 2.45) is 0 Å². The number of piperidine rings is 1. The molecule has 1 aliphatic heterocycles. The second-order valence-electron chi connectivity index (χ2n) is 4.78. The fourth-order valence-corrected chi connectivity index (χ4v) is 2.54. The molecule has 1 aliphatic rings. The van der Waals surface area contributed by atoms with E-state index in [1.165, 1.54) is 0 Å². The number of halogens is 1. The summed E-state index contributed by atoms with van der Waals surface area (Å²) in [6.07, 6.45) is 2.78. The third-order valence-corrected chi connectivity index (χ3v) is 3.73. The molecule has 2 heterocycles. The van der Waals surface area contributed by atoms with Crippen molar-refractivity contribution in [1.82, 2.24) is 15.2 Å². The van der Waals surface area contributed by atoms with Crippen molar-refractivity contribution >= 4 is 33.6 Å². The van der Waals surface area contributed by atoms with Gasteiger partial charge in [0.2, 0.25) is 5.91 Å². The Morgan fingerprint density at radius 1 is 1.55 bits per heavy atom. The van der Waals surface area contributed by atoms with Gasteiger partial charge >= 0.3 is 0 Å². The predicted octanol–water partition coefficient (Wildman–Crippen LogP) is 1.24. The van der Waals surface area contributed by atoms with E-state index in [0.29, 0.717) is 30.8 Å². The van der Waals surface area contributed by atoms with Crippen LogP contribution in [-0.4, -0.2) is 48.4 Å². The summed E-state index contributed by atoms with van der Waals surface area (Å²) in [6.45, 7) is 0.543. The number of amides is 2. The lowest BCUT2D eigenvalue weighted by Crippen LogP contribution is -2.48. The van der Waals surface area contributed by atoms with Crippen LogP contribution in [0.15, 0.2) is 16.7 Å². The molecule has 1 aromatic rings. The van der Waals surface area contributed by atoms with Crippen LogP contribution in [0.1, 0.15) is 23.2 Å². The molecule has 1 aromatic heterocycles. The highest BCUT2D eigenvalue weighted by molar-refractivity contribution is 9.10. The first-order valence-electron chi connectivity index (χ1n) is 6.39. The van der Waals surface area contributed by atoms with Crippen LogP contribution in [-0.2, 0) is 4.79 Å². The molecule has 0 aromatic carbocycles. The van der Waals surface area contributed by atoms with E-state index in [-0.39, 0.29) is 17.9 Å². The molecule has 0 bridgehead atoms. The van der Waals surface area contributed by atoms with E-state index in [0.717, 1.165) is 4.47 Å². The highest BCUT2D eigenvalue weighted by Gasteiger charge is 2.25. The third kappa shape index (κ3) is 3.27. The number of nitrogens with one attached hydrogen (secondary N) is 2. The van der Waals surface area contributed by atoms with Crippen molar-refractivity contribution in [2.75, 3.05) is 26.0 Å². The summed E-state index contributed by atoms with van der Waals surface area (Å²) >= 11 is 3.31. The Kier molecular flexibility index (Phi) is 4.59. The van der Waals surface area contributed by atoms with E-state index in [4.69, 9.17) is 0 Å². The second kappa shape index (κ2) is 6.21. The Morgan fingerprint density at radius 3 is 2.95 bits per heavy atom. The molecule has 0 aliphatic carbocycles. The molecular weight excluding hydrogens is 324 g/mol. The van der Waals surface area contributed by atoms with Gasteiger partial charge in [0.15, 0.2) is 0 Å². The maximum Gasteiger partial charge on any atom is 0.255 e. The molecule has 2 rings (SSSR count). The van der Waals surface area contributed by atoms with Crippen LogP contribution in [0.5, 0.6) is 0 Å². The van der Waals surface area contributed by atoms with Crippen LogP contribution in [0.4, 0.5) is 5.82 Å². The molecule has 2 amide bonds. The Labute approximate surface area is 126 Å². The predicted molar refractivity (Wildman–Crippen MR) is 79.6 cm³/mol. The van der Waals surface area contributed by atoms with Crippen LogP contribution in [0, 0.1) is 0 Å². The van der Waals surface area contributed by atoms with E-state index >= 15 is 0 Å². The van der Waals surface area contributed by atoms with Crippen molar-refractivity contribution in [3.8, 4) is 0 Å². The minimum absolute atomic E-state index is 0.0195. The lowest BCUT2D eigenvalue weighted by molar-refractivity contribution is -0.132. The summed E-state index contributed by atoms with van der Waals surface area (Å²) in [7, 11) is 3.47. The highest BCUT2D eigenvalue weighted by Crippen LogP contribution is 2.18. The van der Waals surface area contributed by atoms with Crippen LogP contribution >= 0.6 is 15.9 Å². The van der Waals surface area contributed by atoms with Gasteiger partial charge in [-0.05, 0) is 28.4 Å². The van der Waals surface area contributed by atoms with E-state index in [1.807, 2.05) is 0 Å². The normalized spacial score (nSPS) is 18.9. The van der Waals surface area contributed by atoms with Crippen molar-refractivity contribution < 1.29 is 9.59 Å². The fourth-order valence-electron chi connectivity index (χ4n) is 2.20. The average Bonchev–Trinajstić information content (AvgIpc) is 2.43. The minimum Gasteiger partial charge on any atom is -0.372 e. The van der Waals surface area contributed by atoms with Crippen LogP contribution < -0.4 is 10.6 Å². The molecule has 1 fully saturated rings. The molecule has 2 N–H and O–H groups in total. The number of hydrogen-bond acceptors (Lipinski definition) is 4. The number of carbonyl (C=O) groups excluding carboxylic acids is 2. The van der Waals surface area contributed by atoms with Crippen molar-refractivity contribution in [3.05, 3.63) is 22.3 Å². The number of likely N-dealkylation sites (tertiary alicyclic amines) is 1. The van der Waals surface area contributed by atoms with Gasteiger partial charge in [-0.3, -0.25) is 9.59 Å². The Hall–Kier alpha value is -1.63. The molecule has 20 heavy (non-hydrogen) atoms. The van der Waals surface area contributed by atoms with Gasteiger partial charge in [-0.1, -0.05) is 0 Å². The van der Waals surface area contributed by atoms with Gasteiger partial charge in [0.1, 0.15) is 5.82 Å². The molecule has 1 atom stereocenters. The SMILES string of the molecule is CNc1ncc(Br)cc1C(=O)NC1CCC(=O)N(C)C1. The summed E-state index contributed by atoms with van der Waals surface area (Å²) in [6, 6.07) is 1.71. The second-order valence-corrected chi connectivity index (χ2v) is 5.70. The van der Waals surface area contributed by atoms with E-state index in [2.05, 4.69) is 31.5 Å². The van der Waals surface area contributed by atoms with E-state index < -0.39 is 0 Å². The van der Waals surface area contributed by atoms with Crippen LogP contribution in [0.25, 0.3) is 0 Å². The summed E-state index contributed by atoms with van der Waals surface area (Å²) in [5.41, 5.74) is 0.487. The van der Waals surface area contributed by atoms with Gasteiger partial charge < -0.3 is 15.5 Å². The van der Waals surface area contributed by atoms with Crippen molar-refractivity contribution in [1.29, 1.82) is 0 Å². The molecule has 1 unspecified atom stereocenters. The molecule has 7 heteroatoms. The first-order valence-corrected chi connectivity index (χ1v) is 7.18. The Bertz CT molecular complexity index is 535. The average molecular weight is 341 g/mol. The van der Waals surface area contributed by atoms with E-state index in [9.17, 15) is 9.59 Å². The third-order valence-electron chi connectivity index (χ3n) is 3.30. The first-order chi connectivity index (χ1) is 9.51. The summed E-state index contributed by atoms with van der Waals surface area (Å²) in [5.74, 6) is 0.470. The number of likely N-dealkylation sites (N-methyl/N-ethyl adjacent to an activating group) is 1. The van der Waals surface area contributed by atoms with Gasteiger partial charge in [-0.2, -0.15) is 0 Å². The Balaban J connectivity index is 2.09. The number of nitrogens with zero attached hydrogens (tertiary/aromatic N) is 2. The fraction of sp³-hybridized carbons (Fsp3) is 0.462. The molecule has 0 spiro atoms. The Morgan fingerprint density at radius 2 is 2.30 bits per heavy atom. The van der Waals surface area contributed by atoms with Crippen LogP contribution in [0.2, 0.25) is 0 Å². The van der Waals surface area contributed by atoms with Gasteiger partial charge in [0.05, 0.1) is 5.56 Å². The lowest BCUT2D eigenvalue weighted by atomic mass is 10.1. The van der Waals surface area contributed by atoms with Gasteiger partial charge in [-0.25, -0.2) is 4.98 Å². The zero-order valence-electron chi connectivity index (χ0n) is 11.4. The number of pyridine rings is 1. The number of anilines is 1. The topological polar surface area (TPSA) is 74.3 Å². The summed E-state index contributed by atoms with van der Waals surface area (Å²) in [5, 5.41) is 5.85. The molecule has 6 nitrogen and oxygen atoms in total. The van der Waals surface area contributed by atoms with Crippen molar-refractivity contribution in [3.63, 3.8) is 0 Å². The molecular formula is C13H17BrN4O2. The first kappa shape index (κ1) is 14.8. The van der Waals surface area contributed by atoms with Gasteiger partial charge in [0.25, 0.3) is 5.91 Å². The maximum absolute atomic E-state index is 12.3. The quantitative estimate of drug-likeness (QED) is 0.868. The zero-order chi connectivity index (χ0) is 14.7. The largest absolute Gasteiger partial charge is 0.372 e. The zero-order valence-corrected chi connectivity index (χ0v) is 13.0. The number of aromatic nitrogens is 1. The highest BCUT2D eigenvalue weighted by atomic mass is 79.9.